The predicted octanol–water partition coefficient (Wildman–Crippen LogP) is 3.67. The van der Waals surface area contributed by atoms with E-state index in [1.165, 1.54) is 11.7 Å². The van der Waals surface area contributed by atoms with E-state index in [-0.39, 0.29) is 0 Å². The SMILES string of the molecule is CCOc1ccc(-c2cc3cccn(C(=O)OC)c-3n2)cc1. The highest BCUT2D eigenvalue weighted by Crippen LogP contribution is 2.29. The third-order valence-corrected chi connectivity index (χ3v) is 3.35. The summed E-state index contributed by atoms with van der Waals surface area (Å²) in [5.74, 6) is 1.41. The molecule has 22 heavy (non-hydrogen) atoms. The van der Waals surface area contributed by atoms with Crippen LogP contribution in [0.3, 0.4) is 0 Å². The molecule has 0 saturated heterocycles. The second-order valence-corrected chi connectivity index (χ2v) is 4.73. The Kier molecular flexibility index (Phi) is 3.78. The summed E-state index contributed by atoms with van der Waals surface area (Å²) in [6, 6.07) is 13.4. The van der Waals surface area contributed by atoms with Gasteiger partial charge in [0.2, 0.25) is 0 Å². The third-order valence-electron chi connectivity index (χ3n) is 3.35. The summed E-state index contributed by atoms with van der Waals surface area (Å²) in [5.41, 5.74) is 2.66. The van der Waals surface area contributed by atoms with Gasteiger partial charge in [-0.3, -0.25) is 0 Å². The molecule has 0 unspecified atom stereocenters. The van der Waals surface area contributed by atoms with Crippen molar-refractivity contribution in [1.82, 2.24) is 9.55 Å². The molecule has 2 heterocycles. The van der Waals surface area contributed by atoms with Gasteiger partial charge in [0.25, 0.3) is 0 Å². The molecule has 0 saturated carbocycles. The Bertz CT molecular complexity index is 762. The molecule has 1 aromatic carbocycles. The van der Waals surface area contributed by atoms with Crippen LogP contribution in [-0.4, -0.2) is 29.4 Å². The van der Waals surface area contributed by atoms with Crippen LogP contribution in [0.15, 0.2) is 48.7 Å². The lowest BCUT2D eigenvalue weighted by Crippen LogP contribution is -2.14. The van der Waals surface area contributed by atoms with E-state index in [1.807, 2.05) is 43.3 Å². The van der Waals surface area contributed by atoms with E-state index in [0.29, 0.717) is 12.4 Å². The first-order valence-electron chi connectivity index (χ1n) is 7.02. The fraction of sp³-hybridized carbons (Fsp3) is 0.176. The van der Waals surface area contributed by atoms with Crippen LogP contribution in [-0.2, 0) is 4.74 Å². The summed E-state index contributed by atoms with van der Waals surface area (Å²) in [6.07, 6.45) is 1.19. The van der Waals surface area contributed by atoms with Gasteiger partial charge in [0.15, 0.2) is 0 Å². The lowest BCUT2D eigenvalue weighted by atomic mass is 10.1. The highest BCUT2D eigenvalue weighted by Gasteiger charge is 2.17. The van der Waals surface area contributed by atoms with Crippen LogP contribution in [0.25, 0.3) is 22.6 Å². The number of aromatic nitrogens is 2. The number of ether oxygens (including phenoxy) is 2. The molecule has 0 amide bonds. The molecule has 0 bridgehead atoms. The molecule has 0 spiro atoms. The zero-order chi connectivity index (χ0) is 15.5. The van der Waals surface area contributed by atoms with Gasteiger partial charge in [-0.25, -0.2) is 14.3 Å². The van der Waals surface area contributed by atoms with Crippen molar-refractivity contribution in [3.63, 3.8) is 0 Å². The lowest BCUT2D eigenvalue weighted by Gasteiger charge is -2.07. The maximum Gasteiger partial charge on any atom is 0.419 e. The third kappa shape index (κ3) is 2.53. The van der Waals surface area contributed by atoms with E-state index in [4.69, 9.17) is 9.47 Å². The Morgan fingerprint density at radius 2 is 1.95 bits per heavy atom. The van der Waals surface area contributed by atoms with E-state index in [2.05, 4.69) is 4.98 Å². The van der Waals surface area contributed by atoms with Crippen LogP contribution in [0.2, 0.25) is 0 Å². The second kappa shape index (κ2) is 5.89. The molecule has 5 nitrogen and oxygen atoms in total. The van der Waals surface area contributed by atoms with Crippen LogP contribution >= 0.6 is 0 Å². The van der Waals surface area contributed by atoms with Crippen molar-refractivity contribution in [3.8, 4) is 28.4 Å². The minimum absolute atomic E-state index is 0.457. The highest BCUT2D eigenvalue weighted by atomic mass is 16.5. The van der Waals surface area contributed by atoms with E-state index < -0.39 is 6.09 Å². The van der Waals surface area contributed by atoms with Gasteiger partial charge in [0.05, 0.1) is 19.4 Å². The van der Waals surface area contributed by atoms with Crippen molar-refractivity contribution < 1.29 is 14.3 Å². The summed E-state index contributed by atoms with van der Waals surface area (Å²) in [6.45, 7) is 2.59. The average Bonchev–Trinajstić information content (AvgIpc) is 2.99. The van der Waals surface area contributed by atoms with Crippen LogP contribution in [0.1, 0.15) is 6.92 Å². The fourth-order valence-corrected chi connectivity index (χ4v) is 2.32. The summed E-state index contributed by atoms with van der Waals surface area (Å²) in [5, 5.41) is 0. The van der Waals surface area contributed by atoms with Crippen molar-refractivity contribution in [1.29, 1.82) is 0 Å². The monoisotopic (exact) mass is 296 g/mol. The maximum absolute atomic E-state index is 11.8. The quantitative estimate of drug-likeness (QED) is 0.740. The summed E-state index contributed by atoms with van der Waals surface area (Å²) in [7, 11) is 1.35. The molecule has 1 aromatic rings. The van der Waals surface area contributed by atoms with Gasteiger partial charge in [-0.2, -0.15) is 0 Å². The number of rotatable bonds is 3. The number of benzene rings is 1. The molecule has 0 radical (unpaired) electrons. The minimum atomic E-state index is -0.457. The topological polar surface area (TPSA) is 53.4 Å². The van der Waals surface area contributed by atoms with E-state index >= 15 is 0 Å². The van der Waals surface area contributed by atoms with Crippen molar-refractivity contribution in [2.24, 2.45) is 0 Å². The first-order chi connectivity index (χ1) is 10.7. The smallest absolute Gasteiger partial charge is 0.419 e. The summed E-state index contributed by atoms with van der Waals surface area (Å²) >= 11 is 0. The van der Waals surface area contributed by atoms with E-state index in [9.17, 15) is 4.79 Å². The number of fused-ring (bicyclic) bond motifs is 1. The number of hydrogen-bond donors (Lipinski definition) is 0. The molecule has 2 aliphatic heterocycles. The molecule has 3 rings (SSSR count). The van der Waals surface area contributed by atoms with Crippen molar-refractivity contribution in [3.05, 3.63) is 48.7 Å². The van der Waals surface area contributed by atoms with Gasteiger partial charge in [-0.05, 0) is 49.4 Å². The Labute approximate surface area is 128 Å². The summed E-state index contributed by atoms with van der Waals surface area (Å²) < 4.78 is 11.6. The first kappa shape index (κ1) is 14.1. The molecule has 5 heteroatoms. The Morgan fingerprint density at radius 3 is 2.64 bits per heavy atom. The van der Waals surface area contributed by atoms with Crippen molar-refractivity contribution in [2.45, 2.75) is 6.92 Å². The van der Waals surface area contributed by atoms with Crippen LogP contribution in [0.4, 0.5) is 4.79 Å². The zero-order valence-electron chi connectivity index (χ0n) is 12.4. The van der Waals surface area contributed by atoms with Gasteiger partial charge in [-0.1, -0.05) is 0 Å². The highest BCUT2D eigenvalue weighted by molar-refractivity contribution is 5.80. The predicted molar refractivity (Wildman–Crippen MR) is 83.3 cm³/mol. The standard InChI is InChI=1S/C17H16N2O3/c1-3-22-14-8-6-12(7-9-14)15-11-13-5-4-10-19(16(13)18-15)17(20)21-2/h4-11H,3H2,1-2H3. The van der Waals surface area contributed by atoms with Gasteiger partial charge >= 0.3 is 6.09 Å². The Balaban J connectivity index is 2.01. The minimum Gasteiger partial charge on any atom is -0.494 e. The van der Waals surface area contributed by atoms with Gasteiger partial charge in [0.1, 0.15) is 11.6 Å². The fourth-order valence-electron chi connectivity index (χ4n) is 2.32. The van der Waals surface area contributed by atoms with Crippen molar-refractivity contribution >= 4 is 6.09 Å². The molecule has 2 aliphatic rings. The van der Waals surface area contributed by atoms with E-state index in [0.717, 1.165) is 22.6 Å². The molecule has 112 valence electrons. The van der Waals surface area contributed by atoms with Crippen LogP contribution < -0.4 is 4.74 Å². The van der Waals surface area contributed by atoms with Gasteiger partial charge in [-0.15, -0.1) is 0 Å². The number of pyridine rings is 1. The van der Waals surface area contributed by atoms with E-state index in [1.54, 1.807) is 12.3 Å². The molecule has 0 atom stereocenters. The second-order valence-electron chi connectivity index (χ2n) is 4.73. The molecule has 0 aliphatic carbocycles. The number of methoxy groups -OCH3 is 1. The largest absolute Gasteiger partial charge is 0.494 e. The average molecular weight is 296 g/mol. The lowest BCUT2D eigenvalue weighted by molar-refractivity contribution is 0.173. The molecular formula is C17H16N2O3. The van der Waals surface area contributed by atoms with Crippen LogP contribution in [0.5, 0.6) is 5.75 Å². The normalized spacial score (nSPS) is 10.6. The molecule has 0 N–H and O–H groups in total. The molecule has 0 aromatic heterocycles. The maximum atomic E-state index is 11.8. The zero-order valence-corrected chi connectivity index (χ0v) is 12.4. The first-order valence-corrected chi connectivity index (χ1v) is 7.02. The number of nitrogens with zero attached hydrogens (tertiary/aromatic N) is 2. The number of hydrogen-bond acceptors (Lipinski definition) is 4. The Hall–Kier alpha value is -2.82. The van der Waals surface area contributed by atoms with Crippen LogP contribution in [0, 0.1) is 0 Å². The Morgan fingerprint density at radius 1 is 1.18 bits per heavy atom. The van der Waals surface area contributed by atoms with Gasteiger partial charge in [0, 0.05) is 17.3 Å². The van der Waals surface area contributed by atoms with Gasteiger partial charge < -0.3 is 9.47 Å². The summed E-state index contributed by atoms with van der Waals surface area (Å²) in [4.78, 5) is 16.3. The van der Waals surface area contributed by atoms with Crippen molar-refractivity contribution in [2.75, 3.05) is 13.7 Å². The molecule has 0 fully saturated rings. The molecular weight excluding hydrogens is 280 g/mol. The number of carbonyl (C=O) groups excluding carboxylic acids is 1. The number of carbonyl (C=O) groups is 1.